The second kappa shape index (κ2) is 5.20. The largest absolute Gasteiger partial charge is 0.332 e. The number of hydrogen-bond donors (Lipinski definition) is 2. The van der Waals surface area contributed by atoms with E-state index in [-0.39, 0.29) is 11.3 Å². The van der Waals surface area contributed by atoms with Gasteiger partial charge in [-0.1, -0.05) is 38.1 Å². The van der Waals surface area contributed by atoms with E-state index in [1.807, 2.05) is 11.0 Å². The number of fused-ring (bicyclic) bond motifs is 2. The molecule has 0 saturated carbocycles. The van der Waals surface area contributed by atoms with E-state index in [2.05, 4.69) is 47.6 Å². The minimum atomic E-state index is -0.0425. The summed E-state index contributed by atoms with van der Waals surface area (Å²) in [5.74, 6) is 0.0359. The van der Waals surface area contributed by atoms with E-state index in [0.29, 0.717) is 12.2 Å². The van der Waals surface area contributed by atoms with Gasteiger partial charge in [-0.15, -0.1) is 0 Å². The topological polar surface area (TPSA) is 61.0 Å². The third-order valence-electron chi connectivity index (χ3n) is 4.99. The van der Waals surface area contributed by atoms with Crippen LogP contribution < -0.4 is 5.32 Å². The number of rotatable bonds is 1. The average Bonchev–Trinajstić information content (AvgIpc) is 2.97. The smallest absolute Gasteiger partial charge is 0.275 e. The Morgan fingerprint density at radius 2 is 2.13 bits per heavy atom. The van der Waals surface area contributed by atoms with Crippen molar-refractivity contribution in [3.05, 3.63) is 52.3 Å². The summed E-state index contributed by atoms with van der Waals surface area (Å²) in [4.78, 5) is 15.0. The molecule has 1 aromatic heterocycles. The predicted octanol–water partition coefficient (Wildman–Crippen LogP) is 1.99. The number of nitrogens with one attached hydrogen (secondary N) is 2. The lowest BCUT2D eigenvalue weighted by molar-refractivity contribution is 0.0679. The summed E-state index contributed by atoms with van der Waals surface area (Å²) < 4.78 is 0. The Morgan fingerprint density at radius 3 is 3.00 bits per heavy atom. The highest BCUT2D eigenvalue weighted by Gasteiger charge is 2.35. The number of amides is 1. The quantitative estimate of drug-likeness (QED) is 0.847. The average molecular weight is 310 g/mol. The van der Waals surface area contributed by atoms with E-state index in [1.54, 1.807) is 0 Å². The lowest BCUT2D eigenvalue weighted by Crippen LogP contribution is -2.45. The molecule has 2 aliphatic rings. The maximum absolute atomic E-state index is 13.0. The van der Waals surface area contributed by atoms with E-state index in [1.165, 1.54) is 11.1 Å². The van der Waals surface area contributed by atoms with Crippen molar-refractivity contribution in [2.45, 2.75) is 38.8 Å². The van der Waals surface area contributed by atoms with Crippen molar-refractivity contribution in [3.8, 4) is 0 Å². The molecule has 0 fully saturated rings. The molecule has 0 radical (unpaired) electrons. The van der Waals surface area contributed by atoms with Crippen LogP contribution in [-0.2, 0) is 24.9 Å². The standard InChI is InChI=1S/C18H22N4O/c1-18(2)11-22(10-12-5-3-4-6-14(12)18)17(23)16-13-9-19-8-7-15(13)20-21-16/h3-6,19H,7-11H2,1-2H3,(H,20,21). The lowest BCUT2D eigenvalue weighted by Gasteiger charge is -2.39. The number of aromatic amines is 1. The molecule has 120 valence electrons. The molecular formula is C18H22N4O. The van der Waals surface area contributed by atoms with Crippen LogP contribution in [0.3, 0.4) is 0 Å². The summed E-state index contributed by atoms with van der Waals surface area (Å²) in [6.45, 7) is 7.44. The van der Waals surface area contributed by atoms with E-state index in [4.69, 9.17) is 0 Å². The number of carbonyl (C=O) groups is 1. The van der Waals surface area contributed by atoms with Crippen molar-refractivity contribution in [2.75, 3.05) is 13.1 Å². The summed E-state index contributed by atoms with van der Waals surface area (Å²) in [5, 5.41) is 10.7. The summed E-state index contributed by atoms with van der Waals surface area (Å²) in [5.41, 5.74) is 5.26. The Hall–Kier alpha value is -2.14. The highest BCUT2D eigenvalue weighted by atomic mass is 16.2. The maximum atomic E-state index is 13.0. The zero-order valence-corrected chi connectivity index (χ0v) is 13.6. The van der Waals surface area contributed by atoms with Gasteiger partial charge in [-0.3, -0.25) is 9.89 Å². The normalized spacial score (nSPS) is 19.1. The molecular weight excluding hydrogens is 288 g/mol. The van der Waals surface area contributed by atoms with Crippen LogP contribution in [0.25, 0.3) is 0 Å². The second-order valence-corrected chi connectivity index (χ2v) is 7.16. The predicted molar refractivity (Wildman–Crippen MR) is 88.2 cm³/mol. The number of hydrogen-bond acceptors (Lipinski definition) is 3. The van der Waals surface area contributed by atoms with Gasteiger partial charge < -0.3 is 10.2 Å². The van der Waals surface area contributed by atoms with Crippen LogP contribution in [-0.4, -0.2) is 34.1 Å². The molecule has 23 heavy (non-hydrogen) atoms. The molecule has 3 heterocycles. The maximum Gasteiger partial charge on any atom is 0.275 e. The van der Waals surface area contributed by atoms with Crippen molar-refractivity contribution in [1.82, 2.24) is 20.4 Å². The number of aromatic nitrogens is 2. The molecule has 0 saturated heterocycles. The Morgan fingerprint density at radius 1 is 1.30 bits per heavy atom. The molecule has 4 rings (SSSR count). The molecule has 2 aromatic rings. The molecule has 1 aromatic carbocycles. The van der Waals surface area contributed by atoms with Crippen molar-refractivity contribution in [1.29, 1.82) is 0 Å². The van der Waals surface area contributed by atoms with Crippen molar-refractivity contribution >= 4 is 5.91 Å². The van der Waals surface area contributed by atoms with Gasteiger partial charge >= 0.3 is 0 Å². The highest BCUT2D eigenvalue weighted by Crippen LogP contribution is 2.34. The van der Waals surface area contributed by atoms with E-state index < -0.39 is 0 Å². The van der Waals surface area contributed by atoms with Crippen LogP contribution in [0.5, 0.6) is 0 Å². The number of carbonyl (C=O) groups excluding carboxylic acids is 1. The number of nitrogens with zero attached hydrogens (tertiary/aromatic N) is 2. The molecule has 0 unspecified atom stereocenters. The van der Waals surface area contributed by atoms with Gasteiger partial charge in [0.05, 0.1) is 0 Å². The zero-order chi connectivity index (χ0) is 16.0. The Kier molecular flexibility index (Phi) is 3.27. The summed E-state index contributed by atoms with van der Waals surface area (Å²) >= 11 is 0. The van der Waals surface area contributed by atoms with Gasteiger partial charge in [0.1, 0.15) is 0 Å². The minimum Gasteiger partial charge on any atom is -0.332 e. The van der Waals surface area contributed by atoms with Crippen molar-refractivity contribution in [3.63, 3.8) is 0 Å². The first-order valence-electron chi connectivity index (χ1n) is 8.21. The number of benzene rings is 1. The minimum absolute atomic E-state index is 0.0359. The molecule has 5 heteroatoms. The summed E-state index contributed by atoms with van der Waals surface area (Å²) in [6.07, 6.45) is 0.907. The van der Waals surface area contributed by atoms with Gasteiger partial charge in [0, 0.05) is 49.3 Å². The fourth-order valence-electron chi connectivity index (χ4n) is 3.84. The first-order chi connectivity index (χ1) is 11.1. The van der Waals surface area contributed by atoms with Gasteiger partial charge in [-0.05, 0) is 11.1 Å². The van der Waals surface area contributed by atoms with E-state index >= 15 is 0 Å². The molecule has 0 aliphatic carbocycles. The fourth-order valence-corrected chi connectivity index (χ4v) is 3.84. The Bertz CT molecular complexity index is 762. The van der Waals surface area contributed by atoms with E-state index in [9.17, 15) is 4.79 Å². The molecule has 0 bridgehead atoms. The van der Waals surface area contributed by atoms with Gasteiger partial charge in [0.25, 0.3) is 5.91 Å². The van der Waals surface area contributed by atoms with Crippen LogP contribution in [0.1, 0.15) is 46.7 Å². The summed E-state index contributed by atoms with van der Waals surface area (Å²) in [6, 6.07) is 8.42. The van der Waals surface area contributed by atoms with Gasteiger partial charge in [-0.25, -0.2) is 0 Å². The summed E-state index contributed by atoms with van der Waals surface area (Å²) in [7, 11) is 0. The molecule has 0 atom stereocenters. The molecule has 0 spiro atoms. The molecule has 5 nitrogen and oxygen atoms in total. The zero-order valence-electron chi connectivity index (χ0n) is 13.6. The van der Waals surface area contributed by atoms with Gasteiger partial charge in [-0.2, -0.15) is 5.10 Å². The SMILES string of the molecule is CC1(C)CN(C(=O)c2n[nH]c3c2CNCC3)Cc2ccccc21. The number of H-pyrrole nitrogens is 1. The van der Waals surface area contributed by atoms with Crippen LogP contribution in [0.2, 0.25) is 0 Å². The first-order valence-corrected chi connectivity index (χ1v) is 8.21. The van der Waals surface area contributed by atoms with Gasteiger partial charge in [0.15, 0.2) is 5.69 Å². The lowest BCUT2D eigenvalue weighted by atomic mass is 9.78. The molecule has 2 aliphatic heterocycles. The fraction of sp³-hybridized carbons (Fsp3) is 0.444. The van der Waals surface area contributed by atoms with Crippen molar-refractivity contribution in [2.24, 2.45) is 0 Å². The van der Waals surface area contributed by atoms with E-state index in [0.717, 1.165) is 37.3 Å². The third kappa shape index (κ3) is 2.36. The first kappa shape index (κ1) is 14.5. The Labute approximate surface area is 136 Å². The van der Waals surface area contributed by atoms with Crippen LogP contribution >= 0.6 is 0 Å². The van der Waals surface area contributed by atoms with Crippen LogP contribution in [0.4, 0.5) is 0 Å². The highest BCUT2D eigenvalue weighted by molar-refractivity contribution is 5.94. The monoisotopic (exact) mass is 310 g/mol. The third-order valence-corrected chi connectivity index (χ3v) is 4.99. The van der Waals surface area contributed by atoms with Crippen molar-refractivity contribution < 1.29 is 4.79 Å². The molecule has 2 N–H and O–H groups in total. The van der Waals surface area contributed by atoms with Gasteiger partial charge in [0.2, 0.25) is 0 Å². The second-order valence-electron chi connectivity index (χ2n) is 7.16. The van der Waals surface area contributed by atoms with Crippen LogP contribution in [0.15, 0.2) is 24.3 Å². The van der Waals surface area contributed by atoms with Crippen LogP contribution in [0, 0.1) is 0 Å². The molecule has 1 amide bonds. The Balaban J connectivity index is 1.67.